The summed E-state index contributed by atoms with van der Waals surface area (Å²) in [5, 5.41) is 6.00. The molecule has 1 fully saturated rings. The van der Waals surface area contributed by atoms with E-state index in [1.54, 1.807) is 31.3 Å². The number of amides is 2. The van der Waals surface area contributed by atoms with Gasteiger partial charge in [-0.05, 0) is 12.1 Å². The Morgan fingerprint density at radius 1 is 1.03 bits per heavy atom. The summed E-state index contributed by atoms with van der Waals surface area (Å²) in [6.45, 7) is 2.75. The Hall–Kier alpha value is -3.53. The molecule has 10 heteroatoms. The lowest BCUT2D eigenvalue weighted by molar-refractivity contribution is 0.203. The number of piperazine rings is 1. The molecule has 0 bridgehead atoms. The number of rotatable bonds is 5. The Balaban J connectivity index is 1.67. The Labute approximate surface area is 173 Å². The van der Waals surface area contributed by atoms with Crippen molar-refractivity contribution >= 4 is 23.1 Å². The maximum Gasteiger partial charge on any atom is 0.323 e. The molecular weight excluding hydrogens is 390 g/mol. The third-order valence-corrected chi connectivity index (χ3v) is 4.79. The monoisotopic (exact) mass is 413 g/mol. The van der Waals surface area contributed by atoms with Crippen molar-refractivity contribution in [2.45, 2.75) is 0 Å². The Bertz CT molecular complexity index is 1040. The van der Waals surface area contributed by atoms with Crippen LogP contribution in [0.1, 0.15) is 0 Å². The minimum atomic E-state index is -0.246. The number of nitrogens with zero attached hydrogens (tertiary/aromatic N) is 3. The summed E-state index contributed by atoms with van der Waals surface area (Å²) >= 11 is 0. The lowest BCUT2D eigenvalue weighted by atomic mass is 10.1. The molecule has 2 amide bonds. The van der Waals surface area contributed by atoms with Gasteiger partial charge in [-0.2, -0.15) is 4.98 Å². The highest BCUT2D eigenvalue weighted by molar-refractivity contribution is 5.91. The van der Waals surface area contributed by atoms with Crippen LogP contribution in [0.3, 0.4) is 0 Å². The number of hydrogen-bond donors (Lipinski definition) is 2. The number of anilines is 1. The van der Waals surface area contributed by atoms with Crippen LogP contribution >= 0.6 is 0 Å². The van der Waals surface area contributed by atoms with Crippen molar-refractivity contribution in [3.63, 3.8) is 0 Å². The van der Waals surface area contributed by atoms with Crippen LogP contribution in [0, 0.1) is 0 Å². The molecule has 3 aromatic rings. The number of urea groups is 1. The third kappa shape index (κ3) is 3.94. The van der Waals surface area contributed by atoms with Gasteiger partial charge in [0.25, 0.3) is 5.88 Å². The molecular formula is C20H23N5O5. The molecule has 0 atom stereocenters. The summed E-state index contributed by atoms with van der Waals surface area (Å²) < 4.78 is 21.8. The highest BCUT2D eigenvalue weighted by atomic mass is 16.5. The van der Waals surface area contributed by atoms with Gasteiger partial charge < -0.3 is 28.8 Å². The van der Waals surface area contributed by atoms with Crippen LogP contribution in [0.15, 0.2) is 28.7 Å². The number of benzene rings is 1. The predicted molar refractivity (Wildman–Crippen MR) is 110 cm³/mol. The SMILES string of the molecule is COc1cc(OC)cc(-c2cc3nc(NC(=O)N4CCNCC4)c(OC)nc3o2)c1. The molecule has 0 radical (unpaired) electrons. The number of furan rings is 1. The lowest BCUT2D eigenvalue weighted by Gasteiger charge is -2.27. The van der Waals surface area contributed by atoms with Gasteiger partial charge in [0.1, 0.15) is 22.8 Å². The first kappa shape index (κ1) is 19.8. The summed E-state index contributed by atoms with van der Waals surface area (Å²) in [7, 11) is 4.63. The van der Waals surface area contributed by atoms with Crippen molar-refractivity contribution in [3.05, 3.63) is 24.3 Å². The zero-order chi connectivity index (χ0) is 21.1. The van der Waals surface area contributed by atoms with E-state index in [-0.39, 0.29) is 17.7 Å². The number of nitrogens with one attached hydrogen (secondary N) is 2. The molecule has 158 valence electrons. The van der Waals surface area contributed by atoms with Gasteiger partial charge in [0.2, 0.25) is 5.71 Å². The first-order valence-corrected chi connectivity index (χ1v) is 9.47. The van der Waals surface area contributed by atoms with Gasteiger partial charge in [0.15, 0.2) is 5.82 Å². The van der Waals surface area contributed by atoms with E-state index >= 15 is 0 Å². The van der Waals surface area contributed by atoms with Gasteiger partial charge in [-0.25, -0.2) is 9.78 Å². The predicted octanol–water partition coefficient (Wildman–Crippen LogP) is 2.35. The number of aromatic nitrogens is 2. The lowest BCUT2D eigenvalue weighted by Crippen LogP contribution is -2.48. The quantitative estimate of drug-likeness (QED) is 0.656. The highest BCUT2D eigenvalue weighted by Crippen LogP contribution is 2.34. The van der Waals surface area contributed by atoms with E-state index in [0.29, 0.717) is 41.6 Å². The van der Waals surface area contributed by atoms with Crippen molar-refractivity contribution in [2.24, 2.45) is 0 Å². The van der Waals surface area contributed by atoms with Gasteiger partial charge in [0, 0.05) is 43.9 Å². The van der Waals surface area contributed by atoms with Crippen LogP contribution in [-0.2, 0) is 0 Å². The normalized spacial score (nSPS) is 13.9. The fourth-order valence-electron chi connectivity index (χ4n) is 3.21. The van der Waals surface area contributed by atoms with Gasteiger partial charge in [-0.1, -0.05) is 0 Å². The molecule has 3 heterocycles. The molecule has 1 aliphatic heterocycles. The van der Waals surface area contributed by atoms with Gasteiger partial charge in [-0.3, -0.25) is 5.32 Å². The summed E-state index contributed by atoms with van der Waals surface area (Å²) in [6.07, 6.45) is 0. The zero-order valence-corrected chi connectivity index (χ0v) is 17.0. The fraction of sp³-hybridized carbons (Fsp3) is 0.350. The minimum absolute atomic E-state index is 0.176. The molecule has 0 spiro atoms. The van der Waals surface area contributed by atoms with Gasteiger partial charge in [0.05, 0.1) is 21.3 Å². The van der Waals surface area contributed by atoms with E-state index < -0.39 is 0 Å². The largest absolute Gasteiger partial charge is 0.497 e. The third-order valence-electron chi connectivity index (χ3n) is 4.79. The van der Waals surface area contributed by atoms with Crippen molar-refractivity contribution in [2.75, 3.05) is 52.8 Å². The molecule has 0 aliphatic carbocycles. The van der Waals surface area contributed by atoms with Crippen molar-refractivity contribution in [3.8, 4) is 28.7 Å². The number of hydrogen-bond acceptors (Lipinski definition) is 8. The molecule has 0 unspecified atom stereocenters. The molecule has 2 aromatic heterocycles. The van der Waals surface area contributed by atoms with E-state index in [2.05, 4.69) is 20.6 Å². The van der Waals surface area contributed by atoms with Gasteiger partial charge in [-0.15, -0.1) is 0 Å². The molecule has 30 heavy (non-hydrogen) atoms. The summed E-state index contributed by atoms with van der Waals surface area (Å²) in [4.78, 5) is 23.1. The van der Waals surface area contributed by atoms with Crippen LogP contribution in [-0.4, -0.2) is 68.4 Å². The standard InChI is InChI=1S/C20H23N5O5/c1-27-13-8-12(9-14(10-13)28-2)16-11-15-18(30-16)24-19(29-3)17(22-15)23-20(26)25-6-4-21-5-7-25/h8-11,21H,4-7H2,1-3H3,(H,22,23,26). The zero-order valence-electron chi connectivity index (χ0n) is 17.0. The van der Waals surface area contributed by atoms with Gasteiger partial charge >= 0.3 is 6.03 Å². The molecule has 0 saturated carbocycles. The smallest absolute Gasteiger partial charge is 0.323 e. The average molecular weight is 413 g/mol. The Kier molecular flexibility index (Phi) is 5.57. The summed E-state index contributed by atoms with van der Waals surface area (Å²) in [5.74, 6) is 2.22. The first-order valence-electron chi connectivity index (χ1n) is 9.47. The number of carbonyl (C=O) groups is 1. The van der Waals surface area contributed by atoms with E-state index in [9.17, 15) is 4.79 Å². The molecule has 4 rings (SSSR count). The molecule has 10 nitrogen and oxygen atoms in total. The molecule has 1 aliphatic rings. The topological polar surface area (TPSA) is 111 Å². The maximum atomic E-state index is 12.6. The Morgan fingerprint density at radius 3 is 2.37 bits per heavy atom. The van der Waals surface area contributed by atoms with Crippen LogP contribution in [0.25, 0.3) is 22.6 Å². The maximum absolute atomic E-state index is 12.6. The number of fused-ring (bicyclic) bond motifs is 1. The fourth-order valence-corrected chi connectivity index (χ4v) is 3.21. The second-order valence-electron chi connectivity index (χ2n) is 6.65. The van der Waals surface area contributed by atoms with E-state index in [0.717, 1.165) is 18.7 Å². The van der Waals surface area contributed by atoms with Crippen LogP contribution < -0.4 is 24.8 Å². The van der Waals surface area contributed by atoms with Crippen molar-refractivity contribution in [1.82, 2.24) is 20.2 Å². The number of carbonyl (C=O) groups excluding carboxylic acids is 1. The van der Waals surface area contributed by atoms with Crippen LogP contribution in [0.5, 0.6) is 17.4 Å². The van der Waals surface area contributed by atoms with E-state index in [1.165, 1.54) is 7.11 Å². The van der Waals surface area contributed by atoms with E-state index in [4.69, 9.17) is 18.6 Å². The second kappa shape index (κ2) is 8.46. The second-order valence-corrected chi connectivity index (χ2v) is 6.65. The average Bonchev–Trinajstić information content (AvgIpc) is 3.21. The van der Waals surface area contributed by atoms with Crippen LogP contribution in [0.4, 0.5) is 10.6 Å². The number of methoxy groups -OCH3 is 3. The minimum Gasteiger partial charge on any atom is -0.497 e. The molecule has 1 aromatic carbocycles. The van der Waals surface area contributed by atoms with Crippen LogP contribution in [0.2, 0.25) is 0 Å². The van der Waals surface area contributed by atoms with E-state index in [1.807, 2.05) is 12.1 Å². The number of ether oxygens (including phenoxy) is 3. The highest BCUT2D eigenvalue weighted by Gasteiger charge is 2.21. The van der Waals surface area contributed by atoms with Crippen molar-refractivity contribution < 1.29 is 23.4 Å². The molecule has 2 N–H and O–H groups in total. The molecule has 1 saturated heterocycles. The summed E-state index contributed by atoms with van der Waals surface area (Å²) in [6, 6.07) is 6.92. The van der Waals surface area contributed by atoms with Crippen molar-refractivity contribution in [1.29, 1.82) is 0 Å². The summed E-state index contributed by atoms with van der Waals surface area (Å²) in [5.41, 5.74) is 1.53. The first-order chi connectivity index (χ1) is 14.6. The Morgan fingerprint density at radius 2 is 1.73 bits per heavy atom.